The van der Waals surface area contributed by atoms with Gasteiger partial charge in [0.15, 0.2) is 0 Å². The normalized spacial score (nSPS) is 11.1. The van der Waals surface area contributed by atoms with Crippen LogP contribution in [0, 0.1) is 0 Å². The van der Waals surface area contributed by atoms with Gasteiger partial charge in [-0.1, -0.05) is 6.07 Å². The van der Waals surface area contributed by atoms with Crippen LogP contribution in [-0.4, -0.2) is 39.5 Å². The minimum atomic E-state index is -0.467. The first-order chi connectivity index (χ1) is 10.9. The number of aromatic nitrogens is 3. The summed E-state index contributed by atoms with van der Waals surface area (Å²) < 4.78 is 7.02. The molecular formula is C16H23N5O2. The molecule has 124 valence electrons. The van der Waals surface area contributed by atoms with Crippen molar-refractivity contribution >= 4 is 11.8 Å². The number of benzene rings is 1. The van der Waals surface area contributed by atoms with Crippen molar-refractivity contribution in [2.24, 2.45) is 0 Å². The molecule has 7 nitrogen and oxygen atoms in total. The van der Waals surface area contributed by atoms with Crippen molar-refractivity contribution in [3.63, 3.8) is 0 Å². The molecule has 0 radical (unpaired) electrons. The van der Waals surface area contributed by atoms with E-state index in [0.717, 1.165) is 24.3 Å². The average molecular weight is 317 g/mol. The average Bonchev–Trinajstić information content (AvgIpc) is 2.99. The molecule has 23 heavy (non-hydrogen) atoms. The number of rotatable bonds is 6. The number of anilines is 1. The predicted molar refractivity (Wildman–Crippen MR) is 88.7 cm³/mol. The van der Waals surface area contributed by atoms with Crippen LogP contribution in [0.5, 0.6) is 0 Å². The maximum atomic E-state index is 11.5. The van der Waals surface area contributed by atoms with Crippen LogP contribution in [0.25, 0.3) is 5.69 Å². The standard InChI is InChI=1S/C16H23N5O2/c1-16(2,3)23-15(22)18-9-5-8-17-13-6-4-7-14(10-13)21-11-19-20-12-21/h4,6-7,10-12,17H,5,8-9H2,1-3H3,(H,18,22). The summed E-state index contributed by atoms with van der Waals surface area (Å²) in [7, 11) is 0. The van der Waals surface area contributed by atoms with Crippen molar-refractivity contribution in [1.82, 2.24) is 20.1 Å². The van der Waals surface area contributed by atoms with Gasteiger partial charge in [0.25, 0.3) is 0 Å². The van der Waals surface area contributed by atoms with Crippen LogP contribution in [0.1, 0.15) is 27.2 Å². The quantitative estimate of drug-likeness (QED) is 0.800. The third kappa shape index (κ3) is 5.98. The van der Waals surface area contributed by atoms with Crippen LogP contribution in [0.2, 0.25) is 0 Å². The SMILES string of the molecule is CC(C)(C)OC(=O)NCCCNc1cccc(-n2cnnc2)c1. The minimum Gasteiger partial charge on any atom is -0.444 e. The molecule has 7 heteroatoms. The zero-order chi connectivity index (χ0) is 16.7. The molecule has 0 atom stereocenters. The number of carbonyl (C=O) groups is 1. The van der Waals surface area contributed by atoms with E-state index >= 15 is 0 Å². The van der Waals surface area contributed by atoms with E-state index in [1.54, 1.807) is 12.7 Å². The molecule has 0 aliphatic heterocycles. The first kappa shape index (κ1) is 16.8. The number of ether oxygens (including phenoxy) is 1. The summed E-state index contributed by atoms with van der Waals surface area (Å²) in [4.78, 5) is 11.5. The highest BCUT2D eigenvalue weighted by Crippen LogP contribution is 2.13. The second kappa shape index (κ2) is 7.62. The summed E-state index contributed by atoms with van der Waals surface area (Å²) in [6, 6.07) is 7.97. The molecule has 0 fully saturated rings. The van der Waals surface area contributed by atoms with Gasteiger partial charge in [-0.2, -0.15) is 0 Å². The van der Waals surface area contributed by atoms with E-state index in [4.69, 9.17) is 4.74 Å². The molecule has 2 aromatic rings. The van der Waals surface area contributed by atoms with Crippen LogP contribution in [0.15, 0.2) is 36.9 Å². The van der Waals surface area contributed by atoms with Gasteiger partial charge in [0, 0.05) is 18.8 Å². The van der Waals surface area contributed by atoms with Gasteiger partial charge in [-0.15, -0.1) is 10.2 Å². The Kier molecular flexibility index (Phi) is 5.56. The molecule has 0 bridgehead atoms. The molecule has 0 aliphatic carbocycles. The lowest BCUT2D eigenvalue weighted by Crippen LogP contribution is -2.33. The van der Waals surface area contributed by atoms with Gasteiger partial charge < -0.3 is 15.4 Å². The summed E-state index contributed by atoms with van der Waals surface area (Å²) in [6.07, 6.45) is 3.73. The molecule has 2 N–H and O–H groups in total. The van der Waals surface area contributed by atoms with Gasteiger partial charge in [-0.05, 0) is 45.4 Å². The molecule has 1 heterocycles. The second-order valence-electron chi connectivity index (χ2n) is 6.13. The maximum Gasteiger partial charge on any atom is 0.407 e. The highest BCUT2D eigenvalue weighted by Gasteiger charge is 2.15. The molecule has 0 spiro atoms. The van der Waals surface area contributed by atoms with Crippen molar-refractivity contribution < 1.29 is 9.53 Å². The second-order valence-corrected chi connectivity index (χ2v) is 6.13. The Morgan fingerprint density at radius 3 is 2.65 bits per heavy atom. The van der Waals surface area contributed by atoms with E-state index in [9.17, 15) is 4.79 Å². The number of hydrogen-bond acceptors (Lipinski definition) is 5. The third-order valence-corrected chi connectivity index (χ3v) is 2.91. The fraction of sp³-hybridized carbons (Fsp3) is 0.438. The van der Waals surface area contributed by atoms with E-state index in [2.05, 4.69) is 20.8 Å². The van der Waals surface area contributed by atoms with Crippen LogP contribution < -0.4 is 10.6 Å². The Morgan fingerprint density at radius 2 is 1.96 bits per heavy atom. The predicted octanol–water partition coefficient (Wildman–Crippen LogP) is 2.59. The molecular weight excluding hydrogens is 294 g/mol. The number of hydrogen-bond donors (Lipinski definition) is 2. The molecule has 0 unspecified atom stereocenters. The lowest BCUT2D eigenvalue weighted by Gasteiger charge is -2.19. The minimum absolute atomic E-state index is 0.382. The van der Waals surface area contributed by atoms with Gasteiger partial charge in [0.1, 0.15) is 18.3 Å². The fourth-order valence-corrected chi connectivity index (χ4v) is 1.94. The Bertz CT molecular complexity index is 620. The molecule has 1 aromatic heterocycles. The first-order valence-electron chi connectivity index (χ1n) is 7.60. The summed E-state index contributed by atoms with van der Waals surface area (Å²) in [6.45, 7) is 6.85. The van der Waals surface area contributed by atoms with Gasteiger partial charge >= 0.3 is 6.09 Å². The van der Waals surface area contributed by atoms with E-state index in [-0.39, 0.29) is 6.09 Å². The number of nitrogens with zero attached hydrogens (tertiary/aromatic N) is 3. The summed E-state index contributed by atoms with van der Waals surface area (Å²) >= 11 is 0. The lowest BCUT2D eigenvalue weighted by molar-refractivity contribution is 0.0528. The molecule has 1 amide bonds. The van der Waals surface area contributed by atoms with Gasteiger partial charge in [-0.3, -0.25) is 4.57 Å². The Morgan fingerprint density at radius 1 is 1.22 bits per heavy atom. The molecule has 0 saturated heterocycles. The van der Waals surface area contributed by atoms with E-state index in [1.807, 2.05) is 49.6 Å². The van der Waals surface area contributed by atoms with Crippen molar-refractivity contribution in [2.75, 3.05) is 18.4 Å². The highest BCUT2D eigenvalue weighted by molar-refractivity contribution is 5.67. The number of carbonyl (C=O) groups excluding carboxylic acids is 1. The monoisotopic (exact) mass is 317 g/mol. The summed E-state index contributed by atoms with van der Waals surface area (Å²) in [5.74, 6) is 0. The first-order valence-corrected chi connectivity index (χ1v) is 7.60. The largest absolute Gasteiger partial charge is 0.444 e. The molecule has 0 saturated carbocycles. The van der Waals surface area contributed by atoms with E-state index < -0.39 is 5.60 Å². The van der Waals surface area contributed by atoms with Crippen molar-refractivity contribution in [2.45, 2.75) is 32.8 Å². The third-order valence-electron chi connectivity index (χ3n) is 2.91. The molecule has 0 aliphatic rings. The van der Waals surface area contributed by atoms with E-state index in [1.165, 1.54) is 0 Å². The highest BCUT2D eigenvalue weighted by atomic mass is 16.6. The molecule has 2 rings (SSSR count). The van der Waals surface area contributed by atoms with E-state index in [0.29, 0.717) is 6.54 Å². The van der Waals surface area contributed by atoms with Gasteiger partial charge in [0.05, 0.1) is 5.69 Å². The van der Waals surface area contributed by atoms with Gasteiger partial charge in [-0.25, -0.2) is 4.79 Å². The van der Waals surface area contributed by atoms with Crippen LogP contribution in [0.3, 0.4) is 0 Å². The topological polar surface area (TPSA) is 81.1 Å². The van der Waals surface area contributed by atoms with Crippen molar-refractivity contribution in [1.29, 1.82) is 0 Å². The number of alkyl carbamates (subject to hydrolysis) is 1. The zero-order valence-electron chi connectivity index (χ0n) is 13.7. The Hall–Kier alpha value is -2.57. The van der Waals surface area contributed by atoms with Crippen LogP contribution >= 0.6 is 0 Å². The molecule has 1 aromatic carbocycles. The Balaban J connectivity index is 1.71. The maximum absolute atomic E-state index is 11.5. The summed E-state index contributed by atoms with van der Waals surface area (Å²) in [5.41, 5.74) is 1.53. The number of amides is 1. The smallest absolute Gasteiger partial charge is 0.407 e. The Labute approximate surface area is 136 Å². The van der Waals surface area contributed by atoms with Crippen molar-refractivity contribution in [3.05, 3.63) is 36.9 Å². The van der Waals surface area contributed by atoms with Crippen LogP contribution in [0.4, 0.5) is 10.5 Å². The van der Waals surface area contributed by atoms with Crippen LogP contribution in [-0.2, 0) is 4.74 Å². The van der Waals surface area contributed by atoms with Crippen molar-refractivity contribution in [3.8, 4) is 5.69 Å². The number of nitrogens with one attached hydrogen (secondary N) is 2. The lowest BCUT2D eigenvalue weighted by atomic mass is 10.2. The summed E-state index contributed by atoms with van der Waals surface area (Å²) in [5, 5.41) is 13.7. The fourth-order valence-electron chi connectivity index (χ4n) is 1.94. The van der Waals surface area contributed by atoms with Gasteiger partial charge in [0.2, 0.25) is 0 Å². The zero-order valence-corrected chi connectivity index (χ0v) is 13.7.